The molecule has 0 spiro atoms. The molecule has 3 aromatic rings. The number of nitrogens with one attached hydrogen (secondary N) is 1. The van der Waals surface area contributed by atoms with Crippen LogP contribution in [0.15, 0.2) is 72.8 Å². The molecule has 168 valence electrons. The largest absolute Gasteiger partial charge is 0.345 e. The fraction of sp³-hybridized carbons (Fsp3) is 0.269. The van der Waals surface area contributed by atoms with Gasteiger partial charge in [0.25, 0.3) is 5.91 Å². The lowest BCUT2D eigenvalue weighted by Gasteiger charge is -2.25. The monoisotopic (exact) mass is 450 g/mol. The molecule has 0 aliphatic rings. The minimum atomic E-state index is -3.48. The van der Waals surface area contributed by atoms with Gasteiger partial charge in [-0.05, 0) is 60.7 Å². The van der Waals surface area contributed by atoms with Gasteiger partial charge < -0.3 is 5.32 Å². The van der Waals surface area contributed by atoms with Crippen LogP contribution >= 0.6 is 0 Å². The van der Waals surface area contributed by atoms with Gasteiger partial charge in [0, 0.05) is 5.56 Å². The number of amides is 1. The Bertz CT molecular complexity index is 1170. The van der Waals surface area contributed by atoms with Gasteiger partial charge in [0.05, 0.1) is 24.5 Å². The summed E-state index contributed by atoms with van der Waals surface area (Å²) in [5.41, 5.74) is 4.97. The second-order valence-corrected chi connectivity index (χ2v) is 10.0. The van der Waals surface area contributed by atoms with E-state index >= 15 is 0 Å². The number of hydrogen-bond donors (Lipinski definition) is 1. The maximum atomic E-state index is 12.8. The molecule has 0 heterocycles. The van der Waals surface area contributed by atoms with Crippen molar-refractivity contribution in [3.8, 4) is 0 Å². The first kappa shape index (κ1) is 23.5. The Hall–Kier alpha value is -3.12. The minimum absolute atomic E-state index is 0.0617. The van der Waals surface area contributed by atoms with Crippen molar-refractivity contribution >= 4 is 21.6 Å². The summed E-state index contributed by atoms with van der Waals surface area (Å²) in [6.07, 6.45) is 2.00. The molecular formula is C26H30N2O3S. The van der Waals surface area contributed by atoms with E-state index in [0.717, 1.165) is 28.7 Å². The minimum Gasteiger partial charge on any atom is -0.345 e. The molecule has 5 nitrogen and oxygen atoms in total. The van der Waals surface area contributed by atoms with Crippen LogP contribution in [0, 0.1) is 13.8 Å². The second-order valence-electron chi connectivity index (χ2n) is 8.10. The van der Waals surface area contributed by atoms with Crippen molar-refractivity contribution < 1.29 is 13.2 Å². The topological polar surface area (TPSA) is 66.5 Å². The average Bonchev–Trinajstić information content (AvgIpc) is 2.77. The fourth-order valence-corrected chi connectivity index (χ4v) is 4.58. The number of nitrogens with zero attached hydrogens (tertiary/aromatic N) is 1. The molecule has 1 N–H and O–H groups in total. The Morgan fingerprint density at radius 3 is 2.22 bits per heavy atom. The third-order valence-electron chi connectivity index (χ3n) is 5.49. The van der Waals surface area contributed by atoms with Crippen molar-refractivity contribution in [2.75, 3.05) is 10.6 Å². The van der Waals surface area contributed by atoms with Gasteiger partial charge in [-0.3, -0.25) is 9.10 Å². The van der Waals surface area contributed by atoms with Crippen LogP contribution in [0.2, 0.25) is 0 Å². The Kier molecular flexibility index (Phi) is 7.36. The van der Waals surface area contributed by atoms with E-state index in [2.05, 4.69) is 5.32 Å². The lowest BCUT2D eigenvalue weighted by molar-refractivity contribution is 0.0935. The Morgan fingerprint density at radius 2 is 1.62 bits per heavy atom. The molecule has 0 aliphatic carbocycles. The number of anilines is 1. The number of benzene rings is 3. The van der Waals surface area contributed by atoms with Gasteiger partial charge in [-0.25, -0.2) is 8.42 Å². The first-order chi connectivity index (χ1) is 15.2. The van der Waals surface area contributed by atoms with Gasteiger partial charge in [-0.2, -0.15) is 0 Å². The molecule has 0 unspecified atom stereocenters. The number of aryl methyl sites for hydroxylation is 2. The molecule has 0 radical (unpaired) electrons. The van der Waals surface area contributed by atoms with E-state index in [9.17, 15) is 13.2 Å². The third-order valence-corrected chi connectivity index (χ3v) is 6.62. The SMILES string of the molecule is CC[C@@H](NC(=O)c1ccc(CN(c2cc(C)ccc2C)S(C)(=O)=O)cc1)c1ccccc1. The normalized spacial score (nSPS) is 12.2. The fourth-order valence-electron chi connectivity index (χ4n) is 3.64. The third kappa shape index (κ3) is 5.77. The highest BCUT2D eigenvalue weighted by Gasteiger charge is 2.20. The van der Waals surface area contributed by atoms with Crippen LogP contribution in [-0.4, -0.2) is 20.6 Å². The van der Waals surface area contributed by atoms with Crippen LogP contribution in [0.25, 0.3) is 0 Å². The van der Waals surface area contributed by atoms with Crippen molar-refractivity contribution in [3.63, 3.8) is 0 Å². The van der Waals surface area contributed by atoms with Crippen LogP contribution in [0.4, 0.5) is 5.69 Å². The molecule has 6 heteroatoms. The van der Waals surface area contributed by atoms with Crippen molar-refractivity contribution in [2.24, 2.45) is 0 Å². The van der Waals surface area contributed by atoms with Gasteiger partial charge in [-0.15, -0.1) is 0 Å². The highest BCUT2D eigenvalue weighted by Crippen LogP contribution is 2.26. The summed E-state index contributed by atoms with van der Waals surface area (Å²) in [6, 6.07) is 22.7. The number of carbonyl (C=O) groups is 1. The molecule has 3 rings (SSSR count). The number of sulfonamides is 1. The molecule has 0 saturated carbocycles. The Morgan fingerprint density at radius 1 is 0.969 bits per heavy atom. The van der Waals surface area contributed by atoms with Crippen molar-refractivity contribution in [3.05, 3.63) is 101 Å². The zero-order valence-electron chi connectivity index (χ0n) is 19.0. The predicted octanol–water partition coefficient (Wildman–Crippen LogP) is 5.15. The highest BCUT2D eigenvalue weighted by molar-refractivity contribution is 7.92. The Labute approximate surface area is 191 Å². The zero-order valence-corrected chi connectivity index (χ0v) is 19.8. The zero-order chi connectivity index (χ0) is 23.3. The van der Waals surface area contributed by atoms with E-state index in [1.54, 1.807) is 12.1 Å². The summed E-state index contributed by atoms with van der Waals surface area (Å²) >= 11 is 0. The molecular weight excluding hydrogens is 420 g/mol. The summed E-state index contributed by atoms with van der Waals surface area (Å²) < 4.78 is 26.5. The molecule has 32 heavy (non-hydrogen) atoms. The van der Waals surface area contributed by atoms with Crippen LogP contribution in [-0.2, 0) is 16.6 Å². The van der Waals surface area contributed by atoms with Crippen LogP contribution in [0.1, 0.15) is 52.0 Å². The summed E-state index contributed by atoms with van der Waals surface area (Å²) in [6.45, 7) is 6.08. The molecule has 1 amide bonds. The number of rotatable bonds is 8. The average molecular weight is 451 g/mol. The van der Waals surface area contributed by atoms with Gasteiger partial charge in [0.1, 0.15) is 0 Å². The summed E-state index contributed by atoms with van der Waals surface area (Å²) in [4.78, 5) is 12.8. The highest BCUT2D eigenvalue weighted by atomic mass is 32.2. The lowest BCUT2D eigenvalue weighted by atomic mass is 10.0. The predicted molar refractivity (Wildman–Crippen MR) is 130 cm³/mol. The van der Waals surface area contributed by atoms with E-state index in [1.807, 2.05) is 81.4 Å². The summed E-state index contributed by atoms with van der Waals surface area (Å²) in [7, 11) is -3.48. The molecule has 0 fully saturated rings. The standard InChI is InChI=1S/C26H30N2O3S/c1-5-24(22-9-7-6-8-10-22)27-26(29)23-15-13-21(14-16-23)18-28(32(4,30)31)25-17-19(2)11-12-20(25)3/h6-17,24H,5,18H2,1-4H3,(H,27,29)/t24-/m1/s1. The van der Waals surface area contributed by atoms with E-state index in [1.165, 1.54) is 10.6 Å². The van der Waals surface area contributed by atoms with Crippen molar-refractivity contribution in [1.29, 1.82) is 0 Å². The van der Waals surface area contributed by atoms with E-state index in [-0.39, 0.29) is 18.5 Å². The summed E-state index contributed by atoms with van der Waals surface area (Å²) in [5, 5.41) is 3.08. The smallest absolute Gasteiger partial charge is 0.251 e. The van der Waals surface area contributed by atoms with E-state index in [4.69, 9.17) is 0 Å². The lowest BCUT2D eigenvalue weighted by Crippen LogP contribution is -2.30. The van der Waals surface area contributed by atoms with Gasteiger partial charge >= 0.3 is 0 Å². The van der Waals surface area contributed by atoms with Gasteiger partial charge in [0.2, 0.25) is 10.0 Å². The first-order valence-corrected chi connectivity index (χ1v) is 12.5. The molecule has 0 aromatic heterocycles. The maximum Gasteiger partial charge on any atom is 0.251 e. The van der Waals surface area contributed by atoms with Crippen molar-refractivity contribution in [1.82, 2.24) is 5.32 Å². The van der Waals surface area contributed by atoms with Crippen LogP contribution in [0.3, 0.4) is 0 Å². The molecule has 1 atom stereocenters. The number of hydrogen-bond acceptors (Lipinski definition) is 3. The van der Waals surface area contributed by atoms with Gasteiger partial charge in [-0.1, -0.05) is 61.5 Å². The molecule has 3 aromatic carbocycles. The Balaban J connectivity index is 1.78. The van der Waals surface area contributed by atoms with Crippen molar-refractivity contribution in [2.45, 2.75) is 39.8 Å². The molecule has 0 aliphatic heterocycles. The first-order valence-electron chi connectivity index (χ1n) is 10.7. The van der Waals surface area contributed by atoms with Crippen LogP contribution < -0.4 is 9.62 Å². The summed E-state index contributed by atoms with van der Waals surface area (Å²) in [5.74, 6) is -0.151. The van der Waals surface area contributed by atoms with E-state index < -0.39 is 10.0 Å². The van der Waals surface area contributed by atoms with Gasteiger partial charge in [0.15, 0.2) is 0 Å². The number of carbonyl (C=O) groups excluding carboxylic acids is 1. The van der Waals surface area contributed by atoms with Crippen LogP contribution in [0.5, 0.6) is 0 Å². The quantitative estimate of drug-likeness (QED) is 0.516. The molecule has 0 saturated heterocycles. The molecule has 0 bridgehead atoms. The van der Waals surface area contributed by atoms with E-state index in [0.29, 0.717) is 11.3 Å². The second kappa shape index (κ2) is 10.0. The maximum absolute atomic E-state index is 12.8.